The van der Waals surface area contributed by atoms with Crippen molar-refractivity contribution < 1.29 is 22.3 Å². The fourth-order valence-electron chi connectivity index (χ4n) is 2.37. The summed E-state index contributed by atoms with van der Waals surface area (Å²) in [6.07, 6.45) is 0. The summed E-state index contributed by atoms with van der Waals surface area (Å²) in [4.78, 5) is 12.3. The average Bonchev–Trinajstić information content (AvgIpc) is 2.58. The Kier molecular flexibility index (Phi) is 6.22. The molecular weight excluding hydrogens is 371 g/mol. The van der Waals surface area contributed by atoms with Crippen molar-refractivity contribution in [2.24, 2.45) is 0 Å². The molecule has 146 valence electrons. The molecule has 2 N–H and O–H groups in total. The summed E-state index contributed by atoms with van der Waals surface area (Å²) in [6, 6.07) is 9.92. The highest BCUT2D eigenvalue weighted by atomic mass is 32.2. The fourth-order valence-corrected chi connectivity index (χ4v) is 3.99. The van der Waals surface area contributed by atoms with Crippen LogP contribution in [0.25, 0.3) is 0 Å². The lowest BCUT2D eigenvalue weighted by molar-refractivity contribution is 0.0950. The lowest BCUT2D eigenvalue weighted by Crippen LogP contribution is -2.40. The zero-order valence-electron chi connectivity index (χ0n) is 15.7. The smallest absolute Gasteiger partial charge is 0.251 e. The highest BCUT2D eigenvalue weighted by Crippen LogP contribution is 2.26. The van der Waals surface area contributed by atoms with Crippen LogP contribution in [0.5, 0.6) is 5.75 Å². The van der Waals surface area contributed by atoms with E-state index >= 15 is 0 Å². The molecule has 0 radical (unpaired) electrons. The van der Waals surface area contributed by atoms with Gasteiger partial charge < -0.3 is 10.1 Å². The molecule has 0 aliphatic carbocycles. The van der Waals surface area contributed by atoms with Gasteiger partial charge >= 0.3 is 0 Å². The zero-order chi connectivity index (χ0) is 20.2. The van der Waals surface area contributed by atoms with Gasteiger partial charge in [-0.2, -0.15) is 0 Å². The number of hydrogen-bond donors (Lipinski definition) is 2. The minimum atomic E-state index is -3.89. The van der Waals surface area contributed by atoms with Crippen molar-refractivity contribution in [3.8, 4) is 5.75 Å². The third kappa shape index (κ3) is 5.77. The van der Waals surface area contributed by atoms with Gasteiger partial charge in [-0.15, -0.1) is 0 Å². The number of halogens is 1. The summed E-state index contributed by atoms with van der Waals surface area (Å²) in [6.45, 7) is 5.34. The molecule has 0 saturated heterocycles. The average molecular weight is 394 g/mol. The molecule has 2 aromatic carbocycles. The second kappa shape index (κ2) is 8.06. The number of hydrogen-bond acceptors (Lipinski definition) is 4. The molecule has 0 heterocycles. The van der Waals surface area contributed by atoms with Crippen LogP contribution >= 0.6 is 0 Å². The lowest BCUT2D eigenvalue weighted by Gasteiger charge is -2.21. The van der Waals surface area contributed by atoms with Crippen LogP contribution in [-0.4, -0.2) is 27.0 Å². The van der Waals surface area contributed by atoms with Gasteiger partial charge in [0.05, 0.1) is 7.11 Å². The Bertz CT molecular complexity index is 920. The molecule has 0 saturated carbocycles. The normalized spacial score (nSPS) is 11.9. The number of nitrogens with one attached hydrogen (secondary N) is 2. The number of rotatable bonds is 6. The number of amides is 1. The van der Waals surface area contributed by atoms with Crippen LogP contribution in [0.1, 0.15) is 36.7 Å². The molecule has 6 nitrogen and oxygen atoms in total. The third-order valence-electron chi connectivity index (χ3n) is 3.52. The van der Waals surface area contributed by atoms with E-state index in [9.17, 15) is 17.6 Å². The van der Waals surface area contributed by atoms with Crippen molar-refractivity contribution in [3.63, 3.8) is 0 Å². The molecule has 2 rings (SSSR count). The van der Waals surface area contributed by atoms with Crippen LogP contribution in [0.3, 0.4) is 0 Å². The van der Waals surface area contributed by atoms with Gasteiger partial charge in [0, 0.05) is 17.6 Å². The maximum atomic E-state index is 12.9. The van der Waals surface area contributed by atoms with E-state index in [0.717, 1.165) is 5.56 Å². The molecule has 0 spiro atoms. The molecule has 1 amide bonds. The van der Waals surface area contributed by atoms with Crippen molar-refractivity contribution in [2.75, 3.05) is 7.11 Å². The fraction of sp³-hybridized carbons (Fsp3) is 0.316. The number of sulfonamides is 1. The Labute approximate surface area is 158 Å². The maximum absolute atomic E-state index is 12.9. The van der Waals surface area contributed by atoms with E-state index in [1.165, 1.54) is 37.4 Å². The Hall–Kier alpha value is -2.45. The highest BCUT2D eigenvalue weighted by Gasteiger charge is 2.26. The van der Waals surface area contributed by atoms with Crippen molar-refractivity contribution in [3.05, 3.63) is 59.4 Å². The Morgan fingerprint density at radius 1 is 1.11 bits per heavy atom. The molecule has 0 unspecified atom stereocenters. The van der Waals surface area contributed by atoms with Crippen molar-refractivity contribution in [1.29, 1.82) is 0 Å². The van der Waals surface area contributed by atoms with Gasteiger partial charge in [0.1, 0.15) is 16.5 Å². The second-order valence-electron chi connectivity index (χ2n) is 7.03. The van der Waals surface area contributed by atoms with Crippen LogP contribution in [0.2, 0.25) is 0 Å². The number of benzene rings is 2. The molecule has 0 aromatic heterocycles. The number of carbonyl (C=O) groups excluding carboxylic acids is 1. The Morgan fingerprint density at radius 2 is 1.74 bits per heavy atom. The van der Waals surface area contributed by atoms with E-state index in [2.05, 4.69) is 10.0 Å². The predicted molar refractivity (Wildman–Crippen MR) is 101 cm³/mol. The summed E-state index contributed by atoms with van der Waals surface area (Å²) >= 11 is 0. The Balaban J connectivity index is 2.25. The largest absolute Gasteiger partial charge is 0.495 e. The number of methoxy groups -OCH3 is 1. The Morgan fingerprint density at radius 3 is 2.30 bits per heavy atom. The van der Waals surface area contributed by atoms with Gasteiger partial charge in [0.15, 0.2) is 0 Å². The molecule has 0 aliphatic heterocycles. The summed E-state index contributed by atoms with van der Waals surface area (Å²) in [5.41, 5.74) is 0.206. The lowest BCUT2D eigenvalue weighted by atomic mass is 10.1. The van der Waals surface area contributed by atoms with Gasteiger partial charge in [-0.05, 0) is 56.7 Å². The van der Waals surface area contributed by atoms with E-state index in [1.54, 1.807) is 32.9 Å². The monoisotopic (exact) mass is 394 g/mol. The van der Waals surface area contributed by atoms with Gasteiger partial charge in [-0.3, -0.25) is 4.79 Å². The predicted octanol–water partition coefficient (Wildman–Crippen LogP) is 2.84. The SMILES string of the molecule is COc1ccc(C(=O)NCc2ccc(F)cc2)cc1S(=O)(=O)NC(C)(C)C. The van der Waals surface area contributed by atoms with Crippen LogP contribution in [-0.2, 0) is 16.6 Å². The first-order valence-electron chi connectivity index (χ1n) is 8.26. The molecule has 27 heavy (non-hydrogen) atoms. The topological polar surface area (TPSA) is 84.5 Å². The number of ether oxygens (including phenoxy) is 1. The molecule has 2 aromatic rings. The van der Waals surface area contributed by atoms with Gasteiger partial charge in [0.25, 0.3) is 5.91 Å². The van der Waals surface area contributed by atoms with Gasteiger partial charge in [-0.25, -0.2) is 17.5 Å². The minimum absolute atomic E-state index is 0.116. The van der Waals surface area contributed by atoms with Crippen molar-refractivity contribution >= 4 is 15.9 Å². The van der Waals surface area contributed by atoms with E-state index in [-0.39, 0.29) is 28.6 Å². The van der Waals surface area contributed by atoms with Crippen LogP contribution in [0.4, 0.5) is 4.39 Å². The van der Waals surface area contributed by atoms with E-state index in [0.29, 0.717) is 0 Å². The standard InChI is InChI=1S/C19H23FN2O4S/c1-19(2,3)22-27(24,25)17-11-14(7-10-16(17)26-4)18(23)21-12-13-5-8-15(20)9-6-13/h5-11,22H,12H2,1-4H3,(H,21,23). The molecular formula is C19H23FN2O4S. The summed E-state index contributed by atoms with van der Waals surface area (Å²) in [5, 5.41) is 2.68. The summed E-state index contributed by atoms with van der Waals surface area (Å²) in [5.74, 6) is -0.669. The van der Waals surface area contributed by atoms with Crippen LogP contribution in [0.15, 0.2) is 47.4 Å². The molecule has 0 atom stereocenters. The van der Waals surface area contributed by atoms with Crippen molar-refractivity contribution in [1.82, 2.24) is 10.0 Å². The van der Waals surface area contributed by atoms with Crippen LogP contribution in [0, 0.1) is 5.82 Å². The zero-order valence-corrected chi connectivity index (χ0v) is 16.5. The third-order valence-corrected chi connectivity index (χ3v) is 5.30. The molecule has 0 aliphatic rings. The first-order chi connectivity index (χ1) is 12.5. The van der Waals surface area contributed by atoms with Crippen molar-refractivity contribution in [2.45, 2.75) is 37.8 Å². The van der Waals surface area contributed by atoms with E-state index in [1.807, 2.05) is 0 Å². The number of carbonyl (C=O) groups is 1. The van der Waals surface area contributed by atoms with Gasteiger partial charge in [0.2, 0.25) is 10.0 Å². The van der Waals surface area contributed by atoms with E-state index < -0.39 is 21.5 Å². The molecule has 0 bridgehead atoms. The first kappa shape index (κ1) is 20.9. The highest BCUT2D eigenvalue weighted by molar-refractivity contribution is 7.89. The minimum Gasteiger partial charge on any atom is -0.495 e. The molecule has 0 fully saturated rings. The first-order valence-corrected chi connectivity index (χ1v) is 9.75. The second-order valence-corrected chi connectivity index (χ2v) is 8.68. The molecule has 8 heteroatoms. The summed E-state index contributed by atoms with van der Waals surface area (Å²) < 4.78 is 45.9. The van der Waals surface area contributed by atoms with Crippen LogP contribution < -0.4 is 14.8 Å². The summed E-state index contributed by atoms with van der Waals surface area (Å²) in [7, 11) is -2.52. The van der Waals surface area contributed by atoms with E-state index in [4.69, 9.17) is 4.74 Å². The quantitative estimate of drug-likeness (QED) is 0.789. The maximum Gasteiger partial charge on any atom is 0.251 e. The van der Waals surface area contributed by atoms with Gasteiger partial charge in [-0.1, -0.05) is 12.1 Å².